The van der Waals surface area contributed by atoms with E-state index in [1.165, 1.54) is 25.7 Å². The second-order valence-corrected chi connectivity index (χ2v) is 5.23. The molecule has 1 aromatic heterocycles. The van der Waals surface area contributed by atoms with Crippen LogP contribution in [0.2, 0.25) is 0 Å². The fourth-order valence-electron chi connectivity index (χ4n) is 1.54. The molecule has 1 heterocycles. The van der Waals surface area contributed by atoms with Crippen molar-refractivity contribution in [3.05, 3.63) is 33.1 Å². The minimum absolute atomic E-state index is 0.587. The summed E-state index contributed by atoms with van der Waals surface area (Å²) >= 11 is 11.3. The Kier molecular flexibility index (Phi) is 3.15. The van der Waals surface area contributed by atoms with E-state index in [0.29, 0.717) is 5.88 Å². The minimum atomic E-state index is 0.587. The zero-order chi connectivity index (χ0) is 10.1. The summed E-state index contributed by atoms with van der Waals surface area (Å²) in [4.78, 5) is 0. The Hall–Kier alpha value is -0.0500. The van der Waals surface area contributed by atoms with Gasteiger partial charge in [-0.15, -0.1) is 22.9 Å². The van der Waals surface area contributed by atoms with Gasteiger partial charge in [0.2, 0.25) is 0 Å². The van der Waals surface area contributed by atoms with Gasteiger partial charge < -0.3 is 0 Å². The summed E-state index contributed by atoms with van der Waals surface area (Å²) in [6.07, 6.45) is 1.07. The lowest BCUT2D eigenvalue weighted by Crippen LogP contribution is -1.81. The summed E-state index contributed by atoms with van der Waals surface area (Å²) in [5, 5.41) is 3.42. The number of halogens is 2. The summed E-state index contributed by atoms with van der Waals surface area (Å²) < 4.78 is 2.50. The van der Waals surface area contributed by atoms with Crippen molar-refractivity contribution in [2.75, 3.05) is 0 Å². The smallest absolute Gasteiger partial charge is 0.0488 e. The van der Waals surface area contributed by atoms with Crippen LogP contribution in [0.1, 0.15) is 18.1 Å². The fourth-order valence-corrected chi connectivity index (χ4v) is 3.78. The van der Waals surface area contributed by atoms with Crippen LogP contribution in [0.25, 0.3) is 10.1 Å². The first-order chi connectivity index (χ1) is 6.76. The summed E-state index contributed by atoms with van der Waals surface area (Å²) in [7, 11) is 0. The van der Waals surface area contributed by atoms with Gasteiger partial charge in [0.05, 0.1) is 0 Å². The SMILES string of the molecule is CCc1cc(Br)c2c(CCl)csc2c1. The first kappa shape index (κ1) is 10.5. The van der Waals surface area contributed by atoms with Crippen LogP contribution in [-0.2, 0) is 12.3 Å². The molecule has 3 heteroatoms. The highest BCUT2D eigenvalue weighted by molar-refractivity contribution is 9.10. The molecule has 0 aliphatic carbocycles. The molecule has 1 aromatic carbocycles. The molecule has 2 aromatic rings. The van der Waals surface area contributed by atoms with Crippen molar-refractivity contribution >= 4 is 49.0 Å². The van der Waals surface area contributed by atoms with E-state index in [9.17, 15) is 0 Å². The zero-order valence-corrected chi connectivity index (χ0v) is 11.0. The van der Waals surface area contributed by atoms with Crippen molar-refractivity contribution in [3.63, 3.8) is 0 Å². The normalized spacial score (nSPS) is 11.1. The third-order valence-corrected chi connectivity index (χ3v) is 4.21. The van der Waals surface area contributed by atoms with E-state index in [1.54, 1.807) is 11.3 Å². The fraction of sp³-hybridized carbons (Fsp3) is 0.273. The van der Waals surface area contributed by atoms with Crippen LogP contribution in [-0.4, -0.2) is 0 Å². The molecular formula is C11H10BrClS. The molecule has 0 atom stereocenters. The third kappa shape index (κ3) is 1.71. The summed E-state index contributed by atoms with van der Waals surface area (Å²) in [5.41, 5.74) is 2.59. The number of rotatable bonds is 2. The lowest BCUT2D eigenvalue weighted by atomic mass is 10.1. The Morgan fingerprint density at radius 3 is 2.86 bits per heavy atom. The van der Waals surface area contributed by atoms with Gasteiger partial charge >= 0.3 is 0 Å². The average molecular weight is 290 g/mol. The van der Waals surface area contributed by atoms with Crippen molar-refractivity contribution in [3.8, 4) is 0 Å². The van der Waals surface area contributed by atoms with Crippen molar-refractivity contribution in [1.29, 1.82) is 0 Å². The summed E-state index contributed by atoms with van der Waals surface area (Å²) in [6.45, 7) is 2.17. The van der Waals surface area contributed by atoms with Crippen LogP contribution in [0, 0.1) is 0 Å². The molecule has 0 amide bonds. The van der Waals surface area contributed by atoms with Crippen LogP contribution in [0.5, 0.6) is 0 Å². The number of benzene rings is 1. The highest BCUT2D eigenvalue weighted by Crippen LogP contribution is 2.34. The van der Waals surface area contributed by atoms with Gasteiger partial charge in [0, 0.05) is 20.4 Å². The largest absolute Gasteiger partial charge is 0.143 e. The second-order valence-electron chi connectivity index (χ2n) is 3.20. The Bertz CT molecular complexity index is 462. The monoisotopic (exact) mass is 288 g/mol. The van der Waals surface area contributed by atoms with Crippen molar-refractivity contribution in [2.24, 2.45) is 0 Å². The first-order valence-electron chi connectivity index (χ1n) is 4.50. The first-order valence-corrected chi connectivity index (χ1v) is 6.71. The predicted octanol–water partition coefficient (Wildman–Crippen LogP) is 4.97. The molecule has 0 saturated heterocycles. The molecule has 74 valence electrons. The molecule has 0 bridgehead atoms. The average Bonchev–Trinajstić information content (AvgIpc) is 2.61. The molecule has 0 N–H and O–H groups in total. The Balaban J connectivity index is 2.72. The maximum Gasteiger partial charge on any atom is 0.0488 e. The molecule has 0 nitrogen and oxygen atoms in total. The van der Waals surface area contributed by atoms with Gasteiger partial charge in [-0.05, 0) is 35.1 Å². The van der Waals surface area contributed by atoms with E-state index >= 15 is 0 Å². The van der Waals surface area contributed by atoms with Gasteiger partial charge in [-0.2, -0.15) is 0 Å². The lowest BCUT2D eigenvalue weighted by molar-refractivity contribution is 1.14. The van der Waals surface area contributed by atoms with E-state index in [0.717, 1.165) is 6.42 Å². The van der Waals surface area contributed by atoms with Crippen molar-refractivity contribution in [1.82, 2.24) is 0 Å². The molecule has 0 spiro atoms. The molecule has 0 unspecified atom stereocenters. The highest BCUT2D eigenvalue weighted by atomic mass is 79.9. The van der Waals surface area contributed by atoms with Crippen LogP contribution in [0.4, 0.5) is 0 Å². The molecule has 0 fully saturated rings. The topological polar surface area (TPSA) is 0 Å². The van der Waals surface area contributed by atoms with E-state index in [-0.39, 0.29) is 0 Å². The maximum atomic E-state index is 5.88. The van der Waals surface area contributed by atoms with Gasteiger partial charge in [-0.25, -0.2) is 0 Å². The molecule has 0 radical (unpaired) electrons. The number of hydrogen-bond donors (Lipinski definition) is 0. The van der Waals surface area contributed by atoms with E-state index in [2.05, 4.69) is 40.4 Å². The van der Waals surface area contributed by atoms with Crippen LogP contribution >= 0.6 is 38.9 Å². The van der Waals surface area contributed by atoms with Crippen LogP contribution < -0.4 is 0 Å². The quantitative estimate of drug-likeness (QED) is 0.685. The number of alkyl halides is 1. The number of aryl methyl sites for hydroxylation is 1. The maximum absolute atomic E-state index is 5.88. The van der Waals surface area contributed by atoms with E-state index in [1.807, 2.05) is 0 Å². The minimum Gasteiger partial charge on any atom is -0.143 e. The molecule has 0 aliphatic heterocycles. The Morgan fingerprint density at radius 2 is 2.21 bits per heavy atom. The Labute approximate surface area is 101 Å². The standard InChI is InChI=1S/C11H10BrClS/c1-2-7-3-9(12)11-8(5-13)6-14-10(11)4-7/h3-4,6H,2,5H2,1H3. The number of hydrogen-bond acceptors (Lipinski definition) is 1. The number of thiophene rings is 1. The highest BCUT2D eigenvalue weighted by Gasteiger charge is 2.07. The van der Waals surface area contributed by atoms with Gasteiger partial charge in [-0.1, -0.05) is 22.9 Å². The van der Waals surface area contributed by atoms with Crippen molar-refractivity contribution < 1.29 is 0 Å². The predicted molar refractivity (Wildman–Crippen MR) is 68.5 cm³/mol. The molecule has 2 rings (SSSR count). The molecular weight excluding hydrogens is 280 g/mol. The summed E-state index contributed by atoms with van der Waals surface area (Å²) in [6, 6.07) is 4.44. The van der Waals surface area contributed by atoms with E-state index in [4.69, 9.17) is 11.6 Å². The number of fused-ring (bicyclic) bond motifs is 1. The van der Waals surface area contributed by atoms with Crippen LogP contribution in [0.3, 0.4) is 0 Å². The lowest BCUT2D eigenvalue weighted by Gasteiger charge is -2.01. The second kappa shape index (κ2) is 4.21. The molecule has 0 saturated carbocycles. The van der Waals surface area contributed by atoms with Crippen LogP contribution in [0.15, 0.2) is 22.0 Å². The van der Waals surface area contributed by atoms with Gasteiger partial charge in [0.1, 0.15) is 0 Å². The molecule has 0 aliphatic rings. The van der Waals surface area contributed by atoms with Gasteiger partial charge in [-0.3, -0.25) is 0 Å². The Morgan fingerprint density at radius 1 is 1.43 bits per heavy atom. The van der Waals surface area contributed by atoms with Gasteiger partial charge in [0.15, 0.2) is 0 Å². The zero-order valence-electron chi connectivity index (χ0n) is 7.81. The third-order valence-electron chi connectivity index (χ3n) is 2.32. The molecule has 14 heavy (non-hydrogen) atoms. The van der Waals surface area contributed by atoms with E-state index < -0.39 is 0 Å². The van der Waals surface area contributed by atoms with Gasteiger partial charge in [0.25, 0.3) is 0 Å². The van der Waals surface area contributed by atoms with Crippen molar-refractivity contribution in [2.45, 2.75) is 19.2 Å². The summed E-state index contributed by atoms with van der Waals surface area (Å²) in [5.74, 6) is 0.587.